The van der Waals surface area contributed by atoms with Crippen LogP contribution in [0, 0.1) is 0 Å². The van der Waals surface area contributed by atoms with Crippen molar-refractivity contribution in [2.45, 2.75) is 245 Å². The van der Waals surface area contributed by atoms with E-state index >= 15 is 0 Å². The Morgan fingerprint density at radius 3 is 1.08 bits per heavy atom. The molecule has 0 aliphatic heterocycles. The van der Waals surface area contributed by atoms with Crippen LogP contribution in [-0.4, -0.2) is 36.1 Å². The smallest absolute Gasteiger partial charge is 0.159 e. The first kappa shape index (κ1) is 54.4. The van der Waals surface area contributed by atoms with Crippen molar-refractivity contribution < 1.29 is 4.74 Å². The summed E-state index contributed by atoms with van der Waals surface area (Å²) in [5.41, 5.74) is 7.13. The topological polar surface area (TPSA) is 60.8 Å². The zero-order chi connectivity index (χ0) is 46.6. The SMILES string of the molecule is CCCCCCCCc1cnc(-c2ccc(Oc3ccc(-c4ncc(CCCCCCCC)cn4)cc3CCCCC[Si](C)(C)CCCC)c(CCCCC[Si](C)(C)CCCC)c2)nc1. The molecular weight excluding hydrogens is 825 g/mol. The second-order valence-electron chi connectivity index (χ2n) is 21.3. The van der Waals surface area contributed by atoms with Crippen molar-refractivity contribution >= 4 is 16.1 Å². The summed E-state index contributed by atoms with van der Waals surface area (Å²) in [6.45, 7) is 19.6. The molecule has 0 spiro atoms. The zero-order valence-corrected chi connectivity index (χ0v) is 45.2. The zero-order valence-electron chi connectivity index (χ0n) is 43.2. The molecule has 0 N–H and O–H groups in total. The fourth-order valence-corrected chi connectivity index (χ4v) is 14.9. The van der Waals surface area contributed by atoms with Gasteiger partial charge in [0.25, 0.3) is 0 Å². The van der Waals surface area contributed by atoms with Crippen molar-refractivity contribution in [3.63, 3.8) is 0 Å². The second kappa shape index (κ2) is 31.0. The lowest BCUT2D eigenvalue weighted by Gasteiger charge is -2.22. The van der Waals surface area contributed by atoms with Crippen molar-refractivity contribution in [3.8, 4) is 34.3 Å². The van der Waals surface area contributed by atoms with Crippen LogP contribution in [0.1, 0.15) is 191 Å². The largest absolute Gasteiger partial charge is 0.457 e. The molecule has 4 rings (SSSR count). The number of nitrogens with zero attached hydrogens (tertiary/aromatic N) is 4. The molecule has 2 heterocycles. The Kier molecular flexibility index (Phi) is 26.0. The van der Waals surface area contributed by atoms with E-state index in [-0.39, 0.29) is 0 Å². The third-order valence-corrected chi connectivity index (χ3v) is 20.7. The van der Waals surface area contributed by atoms with Gasteiger partial charge in [-0.05, 0) is 110 Å². The van der Waals surface area contributed by atoms with Gasteiger partial charge in [-0.15, -0.1) is 0 Å². The molecule has 0 saturated carbocycles. The minimum atomic E-state index is -1.12. The maximum Gasteiger partial charge on any atom is 0.159 e. The highest BCUT2D eigenvalue weighted by atomic mass is 28.3. The van der Waals surface area contributed by atoms with Gasteiger partial charge in [-0.25, -0.2) is 19.9 Å². The number of ether oxygens (including phenoxy) is 1. The van der Waals surface area contributed by atoms with E-state index in [1.807, 2.05) is 0 Å². The minimum absolute atomic E-state index is 0.803. The van der Waals surface area contributed by atoms with E-state index in [9.17, 15) is 0 Å². The predicted molar refractivity (Wildman–Crippen MR) is 288 cm³/mol. The van der Waals surface area contributed by atoms with Crippen LogP contribution in [0.15, 0.2) is 61.2 Å². The summed E-state index contributed by atoms with van der Waals surface area (Å²) in [5, 5.41) is 0. The third-order valence-electron chi connectivity index (χ3n) is 13.9. The lowest BCUT2D eigenvalue weighted by Crippen LogP contribution is -2.24. The molecule has 2 aromatic heterocycles. The molecule has 0 unspecified atom stereocenters. The number of hydrogen-bond donors (Lipinski definition) is 0. The van der Waals surface area contributed by atoms with Crippen LogP contribution < -0.4 is 4.74 Å². The molecule has 0 saturated heterocycles. The van der Waals surface area contributed by atoms with Crippen LogP contribution >= 0.6 is 0 Å². The minimum Gasteiger partial charge on any atom is -0.457 e. The standard InChI is InChI=1S/C58H94N4OSi2/c1-9-13-17-19-21-25-31-49-45-59-57(60-46-49)53-35-37-55(51(43-53)33-27-23-29-41-64(5,6)39-15-11-3)63-56-38-36-54(44-52(56)34-28-24-30-42-65(7,8)40-16-12-4)58-61-47-50(48-62-58)32-26-22-20-18-14-10-2/h35-38,43-48H,9-34,39-42H2,1-8H3. The highest BCUT2D eigenvalue weighted by Crippen LogP contribution is 2.35. The fourth-order valence-electron chi connectivity index (χ4n) is 9.38. The molecule has 4 aromatic rings. The van der Waals surface area contributed by atoms with Crippen LogP contribution in [0.4, 0.5) is 0 Å². The van der Waals surface area contributed by atoms with Gasteiger partial charge in [0, 0.05) is 52.1 Å². The molecule has 7 heteroatoms. The predicted octanol–water partition coefficient (Wildman–Crippen LogP) is 18.6. The lowest BCUT2D eigenvalue weighted by atomic mass is 10.0. The number of unbranched alkanes of at least 4 members (excludes halogenated alkanes) is 16. The average molecular weight is 920 g/mol. The lowest BCUT2D eigenvalue weighted by molar-refractivity contribution is 0.467. The van der Waals surface area contributed by atoms with Gasteiger partial charge in [-0.3, -0.25) is 0 Å². The summed E-state index contributed by atoms with van der Waals surface area (Å²) in [6, 6.07) is 19.1. The van der Waals surface area contributed by atoms with Crippen LogP contribution in [0.3, 0.4) is 0 Å². The summed E-state index contributed by atoms with van der Waals surface area (Å²) < 4.78 is 7.06. The van der Waals surface area contributed by atoms with Crippen molar-refractivity contribution in [3.05, 3.63) is 83.4 Å². The molecule has 0 aliphatic carbocycles. The normalized spacial score (nSPS) is 12.0. The Hall–Kier alpha value is -3.17. The summed E-state index contributed by atoms with van der Waals surface area (Å²) in [4.78, 5) is 19.6. The highest BCUT2D eigenvalue weighted by molar-refractivity contribution is 6.77. The van der Waals surface area contributed by atoms with E-state index in [4.69, 9.17) is 24.7 Å². The van der Waals surface area contributed by atoms with E-state index in [2.05, 4.69) is 115 Å². The molecule has 0 bridgehead atoms. The van der Waals surface area contributed by atoms with E-state index in [0.717, 1.165) is 72.8 Å². The van der Waals surface area contributed by atoms with E-state index in [1.165, 1.54) is 175 Å². The van der Waals surface area contributed by atoms with Crippen LogP contribution in [0.2, 0.25) is 50.4 Å². The molecule has 360 valence electrons. The maximum atomic E-state index is 7.06. The molecule has 0 fully saturated rings. The van der Waals surface area contributed by atoms with E-state index in [1.54, 1.807) is 0 Å². The molecule has 0 atom stereocenters. The summed E-state index contributed by atoms with van der Waals surface area (Å²) >= 11 is 0. The first-order chi connectivity index (χ1) is 31.6. The van der Waals surface area contributed by atoms with E-state index in [0.29, 0.717) is 0 Å². The molecule has 0 radical (unpaired) electrons. The number of rotatable bonds is 36. The van der Waals surface area contributed by atoms with Crippen LogP contribution in [0.5, 0.6) is 11.5 Å². The summed E-state index contributed by atoms with van der Waals surface area (Å²) in [7, 11) is -2.24. The fraction of sp³-hybridized carbons (Fsp3) is 0.655. The molecule has 0 amide bonds. The first-order valence-corrected chi connectivity index (χ1v) is 34.0. The Morgan fingerprint density at radius 1 is 0.369 bits per heavy atom. The van der Waals surface area contributed by atoms with Crippen LogP contribution in [-0.2, 0) is 25.7 Å². The van der Waals surface area contributed by atoms with Gasteiger partial charge < -0.3 is 4.74 Å². The molecular formula is C58H94N4OSi2. The Morgan fingerprint density at radius 2 is 0.692 bits per heavy atom. The van der Waals surface area contributed by atoms with Gasteiger partial charge in [-0.1, -0.05) is 194 Å². The highest BCUT2D eigenvalue weighted by Gasteiger charge is 2.21. The van der Waals surface area contributed by atoms with Crippen molar-refractivity contribution in [2.24, 2.45) is 0 Å². The molecule has 2 aromatic carbocycles. The number of aromatic nitrogens is 4. The third kappa shape index (κ3) is 21.6. The molecule has 5 nitrogen and oxygen atoms in total. The first-order valence-electron chi connectivity index (χ1n) is 27.1. The van der Waals surface area contributed by atoms with Crippen molar-refractivity contribution in [1.82, 2.24) is 19.9 Å². The molecule has 0 aliphatic rings. The maximum absolute atomic E-state index is 7.06. The van der Waals surface area contributed by atoms with Gasteiger partial charge >= 0.3 is 0 Å². The van der Waals surface area contributed by atoms with Crippen LogP contribution in [0.25, 0.3) is 22.8 Å². The Balaban J connectivity index is 1.54. The number of benzene rings is 2. The van der Waals surface area contributed by atoms with Crippen molar-refractivity contribution in [1.29, 1.82) is 0 Å². The Labute approximate surface area is 401 Å². The van der Waals surface area contributed by atoms with Gasteiger partial charge in [0.2, 0.25) is 0 Å². The van der Waals surface area contributed by atoms with Gasteiger partial charge in [0.15, 0.2) is 11.6 Å². The number of hydrogen-bond acceptors (Lipinski definition) is 5. The van der Waals surface area contributed by atoms with Gasteiger partial charge in [0.05, 0.1) is 0 Å². The van der Waals surface area contributed by atoms with Gasteiger partial charge in [-0.2, -0.15) is 0 Å². The molecule has 65 heavy (non-hydrogen) atoms. The summed E-state index contributed by atoms with van der Waals surface area (Å²) in [6.07, 6.45) is 40.8. The summed E-state index contributed by atoms with van der Waals surface area (Å²) in [5.74, 6) is 3.52. The van der Waals surface area contributed by atoms with Gasteiger partial charge in [0.1, 0.15) is 11.5 Å². The monoisotopic (exact) mass is 919 g/mol. The van der Waals surface area contributed by atoms with E-state index < -0.39 is 16.1 Å². The average Bonchev–Trinajstić information content (AvgIpc) is 3.31. The van der Waals surface area contributed by atoms with Crippen molar-refractivity contribution in [2.75, 3.05) is 0 Å². The quantitative estimate of drug-likeness (QED) is 0.0336. The Bertz CT molecular complexity index is 1720. The second-order valence-corrected chi connectivity index (χ2v) is 31.9. The number of aryl methyl sites for hydroxylation is 4.